The Morgan fingerprint density at radius 1 is 1.30 bits per heavy atom. The highest BCUT2D eigenvalue weighted by Crippen LogP contribution is 2.27. The van der Waals surface area contributed by atoms with Crippen LogP contribution >= 0.6 is 23.2 Å². The van der Waals surface area contributed by atoms with E-state index in [2.05, 4.69) is 14.6 Å². The molecule has 1 unspecified atom stereocenters. The molecule has 0 aliphatic carbocycles. The smallest absolute Gasteiger partial charge is 0.128 e. The molecule has 0 radical (unpaired) electrons. The van der Waals surface area contributed by atoms with Crippen LogP contribution in [0.3, 0.4) is 0 Å². The first-order chi connectivity index (χ1) is 9.56. The number of benzene rings is 1. The Morgan fingerprint density at radius 2 is 2.10 bits per heavy atom. The van der Waals surface area contributed by atoms with Crippen LogP contribution in [0, 0.1) is 0 Å². The highest BCUT2D eigenvalue weighted by molar-refractivity contribution is 6.31. The van der Waals surface area contributed by atoms with Crippen LogP contribution < -0.4 is 0 Å². The molecule has 0 N–H and O–H groups in total. The Morgan fingerprint density at radius 3 is 2.75 bits per heavy atom. The number of aryl methyl sites for hydroxylation is 1. The summed E-state index contributed by atoms with van der Waals surface area (Å²) < 4.78 is 3.96. The van der Waals surface area contributed by atoms with Crippen molar-refractivity contribution >= 4 is 34.2 Å². The number of imidazole rings is 1. The van der Waals surface area contributed by atoms with E-state index in [9.17, 15) is 0 Å². The van der Waals surface area contributed by atoms with Gasteiger partial charge in [0.1, 0.15) is 5.82 Å². The van der Waals surface area contributed by atoms with E-state index in [1.165, 1.54) is 0 Å². The van der Waals surface area contributed by atoms with Gasteiger partial charge in [-0.1, -0.05) is 11.6 Å². The number of alkyl halides is 1. The molecule has 0 saturated heterocycles. The molecule has 0 amide bonds. The van der Waals surface area contributed by atoms with Crippen molar-refractivity contribution < 1.29 is 0 Å². The van der Waals surface area contributed by atoms with Crippen LogP contribution in [0.1, 0.15) is 23.8 Å². The van der Waals surface area contributed by atoms with Crippen molar-refractivity contribution in [2.24, 2.45) is 7.05 Å². The van der Waals surface area contributed by atoms with Crippen LogP contribution in [0.5, 0.6) is 0 Å². The maximum atomic E-state index is 6.26. The third-order valence-electron chi connectivity index (χ3n) is 3.34. The van der Waals surface area contributed by atoms with Gasteiger partial charge in [-0.25, -0.2) is 4.98 Å². The quantitative estimate of drug-likeness (QED) is 0.690. The Labute approximate surface area is 126 Å². The third kappa shape index (κ3) is 2.30. The summed E-state index contributed by atoms with van der Waals surface area (Å²) in [6.07, 6.45) is 1.79. The van der Waals surface area contributed by atoms with Gasteiger partial charge in [0.25, 0.3) is 0 Å². The molecule has 1 aromatic carbocycles. The van der Waals surface area contributed by atoms with Crippen LogP contribution in [0.25, 0.3) is 11.0 Å². The van der Waals surface area contributed by atoms with E-state index in [1.807, 2.05) is 42.9 Å². The van der Waals surface area contributed by atoms with Crippen LogP contribution in [0.4, 0.5) is 0 Å². The van der Waals surface area contributed by atoms with Gasteiger partial charge >= 0.3 is 0 Å². The summed E-state index contributed by atoms with van der Waals surface area (Å²) in [5.41, 5.74) is 2.98. The van der Waals surface area contributed by atoms with Crippen LogP contribution in [0.2, 0.25) is 5.02 Å². The number of halogens is 2. The molecule has 104 valence electrons. The summed E-state index contributed by atoms with van der Waals surface area (Å²) in [4.78, 5) is 4.60. The molecule has 3 rings (SSSR count). The minimum Gasteiger partial charge on any atom is -0.321 e. The fourth-order valence-electron chi connectivity index (χ4n) is 2.31. The first kappa shape index (κ1) is 13.5. The van der Waals surface area contributed by atoms with Gasteiger partial charge in [-0.2, -0.15) is 5.10 Å². The number of fused-ring (bicyclic) bond motifs is 1. The normalized spacial score (nSPS) is 13.0. The van der Waals surface area contributed by atoms with Crippen molar-refractivity contribution in [1.82, 2.24) is 19.3 Å². The van der Waals surface area contributed by atoms with Crippen molar-refractivity contribution in [2.75, 3.05) is 0 Å². The molecule has 2 heterocycles. The largest absolute Gasteiger partial charge is 0.321 e. The standard InChI is InChI=1S/C14H14Cl2N4/c1-9(15)14-18-12-7-10(16)3-4-13(12)20(14)8-11-5-6-17-19(11)2/h3-7,9H,8H2,1-2H3. The fraction of sp³-hybridized carbons (Fsp3) is 0.286. The van der Waals surface area contributed by atoms with Crippen LogP contribution in [-0.2, 0) is 13.6 Å². The predicted octanol–water partition coefficient (Wildman–Crippen LogP) is 3.77. The molecule has 2 aromatic heterocycles. The number of hydrogen-bond donors (Lipinski definition) is 0. The lowest BCUT2D eigenvalue weighted by molar-refractivity contribution is 0.654. The lowest BCUT2D eigenvalue weighted by atomic mass is 10.3. The highest BCUT2D eigenvalue weighted by Gasteiger charge is 2.16. The van der Waals surface area contributed by atoms with E-state index in [1.54, 1.807) is 6.20 Å². The summed E-state index contributed by atoms with van der Waals surface area (Å²) in [7, 11) is 1.93. The van der Waals surface area contributed by atoms with E-state index >= 15 is 0 Å². The Kier molecular flexibility index (Phi) is 3.44. The average molecular weight is 309 g/mol. The Balaban J connectivity index is 2.16. The molecule has 4 nitrogen and oxygen atoms in total. The minimum absolute atomic E-state index is 0.172. The van der Waals surface area contributed by atoms with E-state index in [-0.39, 0.29) is 5.38 Å². The summed E-state index contributed by atoms with van der Waals surface area (Å²) >= 11 is 12.3. The van der Waals surface area contributed by atoms with Crippen molar-refractivity contribution in [3.8, 4) is 0 Å². The number of hydrogen-bond acceptors (Lipinski definition) is 2. The van der Waals surface area contributed by atoms with Gasteiger partial charge in [-0.15, -0.1) is 11.6 Å². The zero-order valence-electron chi connectivity index (χ0n) is 11.2. The van der Waals surface area contributed by atoms with E-state index in [0.29, 0.717) is 11.6 Å². The molecule has 6 heteroatoms. The van der Waals surface area contributed by atoms with Gasteiger partial charge in [-0.3, -0.25) is 4.68 Å². The van der Waals surface area contributed by atoms with Crippen molar-refractivity contribution in [3.63, 3.8) is 0 Å². The zero-order chi connectivity index (χ0) is 14.3. The van der Waals surface area contributed by atoms with Crippen molar-refractivity contribution in [2.45, 2.75) is 18.8 Å². The first-order valence-electron chi connectivity index (χ1n) is 6.33. The summed E-state index contributed by atoms with van der Waals surface area (Å²) in [5.74, 6) is 0.838. The maximum Gasteiger partial charge on any atom is 0.128 e. The van der Waals surface area contributed by atoms with Crippen LogP contribution in [0.15, 0.2) is 30.5 Å². The highest BCUT2D eigenvalue weighted by atomic mass is 35.5. The molecule has 1 atom stereocenters. The second-order valence-electron chi connectivity index (χ2n) is 4.75. The fourth-order valence-corrected chi connectivity index (χ4v) is 2.64. The SMILES string of the molecule is CC(Cl)c1nc2cc(Cl)ccc2n1Cc1ccnn1C. The van der Waals surface area contributed by atoms with Crippen molar-refractivity contribution in [1.29, 1.82) is 0 Å². The molecule has 20 heavy (non-hydrogen) atoms. The topological polar surface area (TPSA) is 35.6 Å². The van der Waals surface area contributed by atoms with Gasteiger partial charge in [-0.05, 0) is 31.2 Å². The number of rotatable bonds is 3. The van der Waals surface area contributed by atoms with Gasteiger partial charge in [0.15, 0.2) is 0 Å². The molecule has 0 fully saturated rings. The molecular formula is C14H14Cl2N4. The van der Waals surface area contributed by atoms with Gasteiger partial charge in [0, 0.05) is 18.3 Å². The van der Waals surface area contributed by atoms with E-state index in [0.717, 1.165) is 22.6 Å². The lowest BCUT2D eigenvalue weighted by Crippen LogP contribution is -2.09. The zero-order valence-corrected chi connectivity index (χ0v) is 12.7. The molecule has 0 bridgehead atoms. The van der Waals surface area contributed by atoms with Crippen molar-refractivity contribution in [3.05, 3.63) is 47.0 Å². The Hall–Kier alpha value is -1.52. The predicted molar refractivity (Wildman–Crippen MR) is 81.3 cm³/mol. The van der Waals surface area contributed by atoms with E-state index in [4.69, 9.17) is 23.2 Å². The second kappa shape index (κ2) is 5.11. The average Bonchev–Trinajstić information content (AvgIpc) is 2.95. The molecule has 0 aliphatic rings. The summed E-state index contributed by atoms with van der Waals surface area (Å²) in [6, 6.07) is 7.70. The second-order valence-corrected chi connectivity index (χ2v) is 5.84. The third-order valence-corrected chi connectivity index (χ3v) is 3.77. The molecule has 0 aliphatic heterocycles. The number of aromatic nitrogens is 4. The van der Waals surface area contributed by atoms with Gasteiger partial charge in [0.05, 0.1) is 28.6 Å². The minimum atomic E-state index is -0.172. The van der Waals surface area contributed by atoms with Gasteiger partial charge in [0.2, 0.25) is 0 Å². The maximum absolute atomic E-state index is 6.26. The molecule has 0 saturated carbocycles. The summed E-state index contributed by atoms with van der Waals surface area (Å²) in [5, 5.41) is 4.70. The summed E-state index contributed by atoms with van der Waals surface area (Å²) in [6.45, 7) is 2.60. The molecule has 3 aromatic rings. The monoisotopic (exact) mass is 308 g/mol. The van der Waals surface area contributed by atoms with Gasteiger partial charge < -0.3 is 4.57 Å². The van der Waals surface area contributed by atoms with Crippen LogP contribution in [-0.4, -0.2) is 19.3 Å². The Bertz CT molecular complexity index is 758. The van der Waals surface area contributed by atoms with E-state index < -0.39 is 0 Å². The first-order valence-corrected chi connectivity index (χ1v) is 7.14. The lowest BCUT2D eigenvalue weighted by Gasteiger charge is -2.10. The molecular weight excluding hydrogens is 295 g/mol. The number of nitrogens with zero attached hydrogens (tertiary/aromatic N) is 4. The molecule has 0 spiro atoms.